The Labute approximate surface area is 145 Å². The van der Waals surface area contributed by atoms with Crippen molar-refractivity contribution in [3.63, 3.8) is 0 Å². The molecule has 2 aromatic rings. The monoisotopic (exact) mass is 344 g/mol. The number of benzene rings is 1. The number of pyridine rings is 1. The van der Waals surface area contributed by atoms with Gasteiger partial charge in [-0.15, -0.1) is 0 Å². The van der Waals surface area contributed by atoms with Gasteiger partial charge in [-0.05, 0) is 25.5 Å². The molecule has 0 aliphatic heterocycles. The largest absolute Gasteiger partial charge is 0.480 e. The van der Waals surface area contributed by atoms with Gasteiger partial charge < -0.3 is 15.2 Å². The first-order valence-electron chi connectivity index (χ1n) is 7.98. The lowest BCUT2D eigenvalue weighted by Gasteiger charge is -2.18. The Balaban J connectivity index is 2.17. The van der Waals surface area contributed by atoms with Crippen molar-refractivity contribution in [2.75, 3.05) is 6.61 Å². The molecular weight excluding hydrogens is 324 g/mol. The number of fused-ring (bicyclic) bond motifs is 1. The molecule has 0 unspecified atom stereocenters. The number of carbonyl (C=O) groups excluding carboxylic acids is 2. The van der Waals surface area contributed by atoms with Crippen LogP contribution in [0.25, 0.3) is 10.9 Å². The van der Waals surface area contributed by atoms with Crippen LogP contribution in [0.4, 0.5) is 0 Å². The molecule has 1 amide bonds. The minimum Gasteiger partial charge on any atom is -0.480 e. The van der Waals surface area contributed by atoms with Crippen LogP contribution in [0, 0.1) is 5.92 Å². The highest BCUT2D eigenvalue weighted by molar-refractivity contribution is 6.06. The number of carboxylic acid groups (broad SMARTS) is 1. The molecule has 7 heteroatoms. The fraction of sp³-hybridized carbons (Fsp3) is 0.333. The van der Waals surface area contributed by atoms with Crippen molar-refractivity contribution in [1.82, 2.24) is 10.3 Å². The number of amides is 1. The summed E-state index contributed by atoms with van der Waals surface area (Å²) in [5.41, 5.74) is 0.975. The van der Waals surface area contributed by atoms with Crippen molar-refractivity contribution in [3.05, 3.63) is 42.1 Å². The summed E-state index contributed by atoms with van der Waals surface area (Å²) in [5, 5.41) is 12.5. The van der Waals surface area contributed by atoms with Crippen LogP contribution in [0.1, 0.15) is 30.6 Å². The van der Waals surface area contributed by atoms with Crippen molar-refractivity contribution >= 4 is 28.7 Å². The number of carbonyl (C=O) groups is 3. The number of carboxylic acids is 1. The van der Waals surface area contributed by atoms with Crippen molar-refractivity contribution < 1.29 is 24.2 Å². The van der Waals surface area contributed by atoms with Crippen molar-refractivity contribution in [3.8, 4) is 0 Å². The number of ether oxygens (including phenoxy) is 1. The van der Waals surface area contributed by atoms with Crippen LogP contribution in [-0.2, 0) is 14.3 Å². The van der Waals surface area contributed by atoms with Gasteiger partial charge in [0, 0.05) is 11.6 Å². The lowest BCUT2D eigenvalue weighted by molar-refractivity contribution is -0.148. The Hall–Kier alpha value is -2.96. The molecule has 0 saturated carbocycles. The van der Waals surface area contributed by atoms with E-state index in [0.29, 0.717) is 16.5 Å². The Bertz CT molecular complexity index is 785. The Kier molecular flexibility index (Phi) is 6.05. The number of nitrogens with one attached hydrogen (secondary N) is 1. The third-order valence-corrected chi connectivity index (χ3v) is 3.78. The molecule has 0 radical (unpaired) electrons. The van der Waals surface area contributed by atoms with Gasteiger partial charge >= 0.3 is 11.9 Å². The second-order valence-electron chi connectivity index (χ2n) is 5.63. The van der Waals surface area contributed by atoms with Gasteiger partial charge in [-0.2, -0.15) is 0 Å². The van der Waals surface area contributed by atoms with Crippen molar-refractivity contribution in [1.29, 1.82) is 0 Å². The Morgan fingerprint density at radius 3 is 2.64 bits per heavy atom. The SMILES string of the molecule is CCOC(=O)[C@H](C)C[C@@H](NC(=O)c1ccnc2ccccc12)C(=O)O. The predicted molar refractivity (Wildman–Crippen MR) is 91.0 cm³/mol. The number of hydrogen-bond donors (Lipinski definition) is 2. The van der Waals surface area contributed by atoms with Crippen molar-refractivity contribution in [2.24, 2.45) is 5.92 Å². The zero-order chi connectivity index (χ0) is 18.4. The van der Waals surface area contributed by atoms with Crippen LogP contribution in [0.15, 0.2) is 36.5 Å². The van der Waals surface area contributed by atoms with Gasteiger partial charge in [0.15, 0.2) is 0 Å². The first kappa shape index (κ1) is 18.4. The Morgan fingerprint density at radius 1 is 1.24 bits per heavy atom. The molecule has 0 bridgehead atoms. The smallest absolute Gasteiger partial charge is 0.326 e. The molecule has 1 heterocycles. The number of aliphatic carboxylic acids is 1. The van der Waals surface area contributed by atoms with E-state index in [1.807, 2.05) is 0 Å². The summed E-state index contributed by atoms with van der Waals surface area (Å²) in [4.78, 5) is 39.9. The molecule has 0 fully saturated rings. The van der Waals surface area contributed by atoms with E-state index in [1.165, 1.54) is 12.3 Å². The van der Waals surface area contributed by atoms with Crippen LogP contribution >= 0.6 is 0 Å². The van der Waals surface area contributed by atoms with Gasteiger partial charge in [0.2, 0.25) is 0 Å². The lowest BCUT2D eigenvalue weighted by Crippen LogP contribution is -2.42. The Morgan fingerprint density at radius 2 is 1.96 bits per heavy atom. The summed E-state index contributed by atoms with van der Waals surface area (Å²) in [6, 6.07) is 7.43. The van der Waals surface area contributed by atoms with E-state index in [4.69, 9.17) is 4.74 Å². The molecular formula is C18H20N2O5. The predicted octanol–water partition coefficient (Wildman–Crippen LogP) is 2.01. The zero-order valence-electron chi connectivity index (χ0n) is 14.1. The fourth-order valence-electron chi connectivity index (χ4n) is 2.49. The highest BCUT2D eigenvalue weighted by atomic mass is 16.5. The summed E-state index contributed by atoms with van der Waals surface area (Å²) < 4.78 is 4.88. The van der Waals surface area contributed by atoms with Crippen LogP contribution in [0.5, 0.6) is 0 Å². The highest BCUT2D eigenvalue weighted by Gasteiger charge is 2.27. The van der Waals surface area contributed by atoms with Gasteiger partial charge in [0.05, 0.1) is 23.6 Å². The quantitative estimate of drug-likeness (QED) is 0.744. The molecule has 0 saturated heterocycles. The number of rotatable bonds is 7. The standard InChI is InChI=1S/C18H20N2O5/c1-3-25-18(24)11(2)10-15(17(22)23)20-16(21)13-8-9-19-14-7-5-4-6-12(13)14/h4-9,11,15H,3,10H2,1-2H3,(H,20,21)(H,22,23)/t11-,15-/m1/s1. The second kappa shape index (κ2) is 8.23. The average molecular weight is 344 g/mol. The van der Waals surface area contributed by atoms with E-state index in [9.17, 15) is 19.5 Å². The number of hydrogen-bond acceptors (Lipinski definition) is 5. The molecule has 2 atom stereocenters. The van der Waals surface area contributed by atoms with E-state index in [0.717, 1.165) is 0 Å². The maximum Gasteiger partial charge on any atom is 0.326 e. The molecule has 2 N–H and O–H groups in total. The molecule has 1 aromatic heterocycles. The first-order chi connectivity index (χ1) is 11.9. The van der Waals surface area contributed by atoms with Crippen LogP contribution in [-0.4, -0.2) is 40.6 Å². The molecule has 1 aromatic carbocycles. The molecule has 0 aliphatic rings. The molecule has 2 rings (SSSR count). The number of aromatic nitrogens is 1. The van der Waals surface area contributed by atoms with E-state index < -0.39 is 29.8 Å². The summed E-state index contributed by atoms with van der Waals surface area (Å²) in [6.45, 7) is 3.47. The van der Waals surface area contributed by atoms with Gasteiger partial charge in [0.1, 0.15) is 6.04 Å². The van der Waals surface area contributed by atoms with Gasteiger partial charge in [-0.25, -0.2) is 4.79 Å². The number of nitrogens with zero attached hydrogens (tertiary/aromatic N) is 1. The normalized spacial score (nSPS) is 13.0. The minimum atomic E-state index is -1.21. The van der Waals surface area contributed by atoms with Crippen molar-refractivity contribution in [2.45, 2.75) is 26.3 Å². The van der Waals surface area contributed by atoms with E-state index in [2.05, 4.69) is 10.3 Å². The molecule has 7 nitrogen and oxygen atoms in total. The molecule has 25 heavy (non-hydrogen) atoms. The maximum absolute atomic E-state index is 12.5. The lowest BCUT2D eigenvalue weighted by atomic mass is 10.0. The van der Waals surface area contributed by atoms with Crippen LogP contribution < -0.4 is 5.32 Å². The summed E-state index contributed by atoms with van der Waals surface area (Å²) in [7, 11) is 0. The summed E-state index contributed by atoms with van der Waals surface area (Å²) >= 11 is 0. The molecule has 132 valence electrons. The molecule has 0 aliphatic carbocycles. The number of esters is 1. The zero-order valence-corrected chi connectivity index (χ0v) is 14.1. The maximum atomic E-state index is 12.5. The highest BCUT2D eigenvalue weighted by Crippen LogP contribution is 2.17. The molecule has 0 spiro atoms. The van der Waals surface area contributed by atoms with E-state index in [1.54, 1.807) is 38.1 Å². The second-order valence-corrected chi connectivity index (χ2v) is 5.63. The van der Waals surface area contributed by atoms with Crippen LogP contribution in [0.2, 0.25) is 0 Å². The first-order valence-corrected chi connectivity index (χ1v) is 7.98. The third-order valence-electron chi connectivity index (χ3n) is 3.78. The third kappa shape index (κ3) is 4.53. The number of para-hydroxylation sites is 1. The van der Waals surface area contributed by atoms with Crippen LogP contribution in [0.3, 0.4) is 0 Å². The minimum absolute atomic E-state index is 0.0527. The topological polar surface area (TPSA) is 106 Å². The van der Waals surface area contributed by atoms with Gasteiger partial charge in [0.25, 0.3) is 5.91 Å². The summed E-state index contributed by atoms with van der Waals surface area (Å²) in [5.74, 6) is -2.86. The van der Waals surface area contributed by atoms with E-state index in [-0.39, 0.29) is 13.0 Å². The van der Waals surface area contributed by atoms with E-state index >= 15 is 0 Å². The average Bonchev–Trinajstić information content (AvgIpc) is 2.60. The summed E-state index contributed by atoms with van der Waals surface area (Å²) in [6.07, 6.45) is 1.44. The van der Waals surface area contributed by atoms with Gasteiger partial charge in [-0.3, -0.25) is 14.6 Å². The van der Waals surface area contributed by atoms with Gasteiger partial charge in [-0.1, -0.05) is 25.1 Å². The fourth-order valence-corrected chi connectivity index (χ4v) is 2.49.